The Balaban J connectivity index is 1.67. The Morgan fingerprint density at radius 3 is 2.93 bits per heavy atom. The summed E-state index contributed by atoms with van der Waals surface area (Å²) in [6, 6.07) is 3.44. The third-order valence-electron chi connectivity index (χ3n) is 5.56. The maximum atomic E-state index is 13.0. The molecule has 0 saturated carbocycles. The number of morpholine rings is 1. The second-order valence-corrected chi connectivity index (χ2v) is 7.16. The van der Waals surface area contributed by atoms with E-state index in [4.69, 9.17) is 13.9 Å². The summed E-state index contributed by atoms with van der Waals surface area (Å²) in [5, 5.41) is 12.5. The van der Waals surface area contributed by atoms with Crippen LogP contribution in [0, 0.1) is 0 Å². The van der Waals surface area contributed by atoms with E-state index in [0.29, 0.717) is 45.2 Å². The van der Waals surface area contributed by atoms with Gasteiger partial charge in [-0.25, -0.2) is 4.68 Å². The van der Waals surface area contributed by atoms with Crippen molar-refractivity contribution in [3.8, 4) is 0 Å². The summed E-state index contributed by atoms with van der Waals surface area (Å²) in [6.07, 6.45) is 3.26. The molecule has 0 bridgehead atoms. The third-order valence-corrected chi connectivity index (χ3v) is 5.56. The number of carbonyl (C=O) groups excluding carboxylic acids is 1. The summed E-state index contributed by atoms with van der Waals surface area (Å²) < 4.78 is 17.9. The monoisotopic (exact) mass is 390 g/mol. The average Bonchev–Trinajstić information content (AvgIpc) is 3.44. The molecule has 4 heterocycles. The molecular weight excluding hydrogens is 364 g/mol. The first-order valence-corrected chi connectivity index (χ1v) is 9.66. The molecular formula is C18H26N6O4. The number of carbonyl (C=O) groups is 1. The highest BCUT2D eigenvalue weighted by atomic mass is 16.5. The zero-order chi connectivity index (χ0) is 19.4. The fourth-order valence-electron chi connectivity index (χ4n) is 4.21. The van der Waals surface area contributed by atoms with Crippen LogP contribution in [0.15, 0.2) is 22.8 Å². The summed E-state index contributed by atoms with van der Waals surface area (Å²) in [7, 11) is 1.66. The Morgan fingerprint density at radius 1 is 1.32 bits per heavy atom. The summed E-state index contributed by atoms with van der Waals surface area (Å²) >= 11 is 0. The first-order valence-electron chi connectivity index (χ1n) is 9.66. The lowest BCUT2D eigenvalue weighted by Crippen LogP contribution is -2.61. The number of aromatic nitrogens is 4. The molecule has 1 atom stereocenters. The van der Waals surface area contributed by atoms with Gasteiger partial charge in [-0.1, -0.05) is 0 Å². The number of tetrazole rings is 1. The molecule has 1 unspecified atom stereocenters. The van der Waals surface area contributed by atoms with E-state index >= 15 is 0 Å². The van der Waals surface area contributed by atoms with Crippen molar-refractivity contribution in [2.45, 2.75) is 24.9 Å². The minimum atomic E-state index is -0.457. The van der Waals surface area contributed by atoms with Gasteiger partial charge in [-0.3, -0.25) is 9.69 Å². The molecule has 4 rings (SSSR count). The molecule has 1 amide bonds. The topological polar surface area (TPSA) is 98.7 Å². The number of methoxy groups -OCH3 is 1. The first kappa shape index (κ1) is 19.0. The maximum Gasteiger partial charge on any atom is 0.289 e. The number of likely N-dealkylation sites (tertiary alicyclic amines) is 1. The minimum Gasteiger partial charge on any atom is -0.459 e. The maximum absolute atomic E-state index is 13.0. The predicted octanol–water partition coefficient (Wildman–Crippen LogP) is 0.376. The average molecular weight is 390 g/mol. The number of piperidine rings is 1. The van der Waals surface area contributed by atoms with Gasteiger partial charge in [-0.2, -0.15) is 0 Å². The lowest BCUT2D eigenvalue weighted by molar-refractivity contribution is -0.0576. The Labute approximate surface area is 163 Å². The zero-order valence-electron chi connectivity index (χ0n) is 16.1. The Morgan fingerprint density at radius 2 is 2.18 bits per heavy atom. The van der Waals surface area contributed by atoms with Crippen LogP contribution in [0.2, 0.25) is 0 Å². The van der Waals surface area contributed by atoms with E-state index in [1.165, 1.54) is 6.26 Å². The zero-order valence-corrected chi connectivity index (χ0v) is 16.1. The van der Waals surface area contributed by atoms with Crippen LogP contribution in [0.4, 0.5) is 0 Å². The van der Waals surface area contributed by atoms with Crippen molar-refractivity contribution in [2.24, 2.45) is 0 Å². The molecule has 2 saturated heterocycles. The van der Waals surface area contributed by atoms with Crippen LogP contribution < -0.4 is 0 Å². The molecule has 2 aromatic heterocycles. The molecule has 0 aliphatic carbocycles. The number of ether oxygens (including phenoxy) is 2. The molecule has 2 aliphatic heterocycles. The molecule has 28 heavy (non-hydrogen) atoms. The fraction of sp³-hybridized carbons (Fsp3) is 0.667. The largest absolute Gasteiger partial charge is 0.459 e. The quantitative estimate of drug-likeness (QED) is 0.698. The van der Waals surface area contributed by atoms with E-state index in [2.05, 4.69) is 20.4 Å². The number of nitrogens with zero attached hydrogens (tertiary/aromatic N) is 6. The van der Waals surface area contributed by atoms with Gasteiger partial charge in [-0.05, 0) is 35.4 Å². The van der Waals surface area contributed by atoms with Crippen LogP contribution in [0.3, 0.4) is 0 Å². The summed E-state index contributed by atoms with van der Waals surface area (Å²) in [4.78, 5) is 17.2. The smallest absolute Gasteiger partial charge is 0.289 e. The SMILES string of the molecule is COCCn1nnnc1C1(N2CCOCC2)CCCN(C(=O)c2ccco2)C1. The second-order valence-electron chi connectivity index (χ2n) is 7.16. The van der Waals surface area contributed by atoms with Gasteiger partial charge in [0.25, 0.3) is 5.91 Å². The summed E-state index contributed by atoms with van der Waals surface area (Å²) in [6.45, 7) is 5.16. The van der Waals surface area contributed by atoms with Crippen LogP contribution >= 0.6 is 0 Å². The number of amides is 1. The molecule has 152 valence electrons. The molecule has 0 radical (unpaired) electrons. The number of hydrogen-bond acceptors (Lipinski definition) is 8. The highest BCUT2D eigenvalue weighted by Gasteiger charge is 2.48. The third kappa shape index (κ3) is 3.54. The minimum absolute atomic E-state index is 0.0988. The van der Waals surface area contributed by atoms with Crippen LogP contribution in [0.5, 0.6) is 0 Å². The standard InChI is InChI=1S/C18H26N6O4/c1-26-11-9-24-17(19-20-21-24)18(23-7-12-27-13-8-23)5-3-6-22(14-18)16(25)15-4-2-10-28-15/h2,4,10H,3,5-9,11-14H2,1H3. The fourth-order valence-corrected chi connectivity index (χ4v) is 4.21. The number of hydrogen-bond donors (Lipinski definition) is 0. The van der Waals surface area contributed by atoms with Crippen molar-refractivity contribution in [1.29, 1.82) is 0 Å². The van der Waals surface area contributed by atoms with Gasteiger partial charge >= 0.3 is 0 Å². The van der Waals surface area contributed by atoms with Crippen molar-refractivity contribution in [1.82, 2.24) is 30.0 Å². The van der Waals surface area contributed by atoms with Crippen LogP contribution in [0.1, 0.15) is 29.2 Å². The Hall–Kier alpha value is -2.30. The van der Waals surface area contributed by atoms with Crippen molar-refractivity contribution in [3.63, 3.8) is 0 Å². The molecule has 0 aromatic carbocycles. The van der Waals surface area contributed by atoms with Gasteiger partial charge in [0.15, 0.2) is 11.6 Å². The summed E-state index contributed by atoms with van der Waals surface area (Å²) in [5.74, 6) is 1.04. The van der Waals surface area contributed by atoms with E-state index in [1.54, 1.807) is 23.9 Å². The highest BCUT2D eigenvalue weighted by molar-refractivity contribution is 5.91. The van der Waals surface area contributed by atoms with E-state index in [9.17, 15) is 4.79 Å². The van der Waals surface area contributed by atoms with E-state index in [1.807, 2.05) is 4.90 Å². The molecule has 2 fully saturated rings. The lowest BCUT2D eigenvalue weighted by Gasteiger charge is -2.49. The molecule has 0 spiro atoms. The van der Waals surface area contributed by atoms with Crippen molar-refractivity contribution >= 4 is 5.91 Å². The van der Waals surface area contributed by atoms with Crippen LogP contribution in [-0.2, 0) is 21.6 Å². The van der Waals surface area contributed by atoms with Gasteiger partial charge < -0.3 is 18.8 Å². The molecule has 2 aliphatic rings. The first-order chi connectivity index (χ1) is 13.7. The van der Waals surface area contributed by atoms with Crippen molar-refractivity contribution in [3.05, 3.63) is 30.0 Å². The van der Waals surface area contributed by atoms with Gasteiger partial charge in [0.05, 0.1) is 32.6 Å². The van der Waals surface area contributed by atoms with Crippen molar-refractivity contribution < 1.29 is 18.7 Å². The molecule has 2 aromatic rings. The molecule has 10 nitrogen and oxygen atoms in total. The van der Waals surface area contributed by atoms with Crippen LogP contribution in [-0.4, -0.2) is 89.0 Å². The predicted molar refractivity (Wildman–Crippen MR) is 97.6 cm³/mol. The van der Waals surface area contributed by atoms with Crippen LogP contribution in [0.25, 0.3) is 0 Å². The number of furan rings is 1. The van der Waals surface area contributed by atoms with Gasteiger partial charge in [-0.15, -0.1) is 5.10 Å². The van der Waals surface area contributed by atoms with E-state index < -0.39 is 5.54 Å². The van der Waals surface area contributed by atoms with Gasteiger partial charge in [0.1, 0.15) is 5.54 Å². The Bertz CT molecular complexity index is 773. The number of rotatable bonds is 6. The van der Waals surface area contributed by atoms with E-state index in [0.717, 1.165) is 31.8 Å². The van der Waals surface area contributed by atoms with Crippen molar-refractivity contribution in [2.75, 3.05) is 53.1 Å². The van der Waals surface area contributed by atoms with E-state index in [-0.39, 0.29) is 5.91 Å². The summed E-state index contributed by atoms with van der Waals surface area (Å²) in [5.41, 5.74) is -0.457. The normalized spacial score (nSPS) is 23.8. The highest BCUT2D eigenvalue weighted by Crippen LogP contribution is 2.37. The lowest BCUT2D eigenvalue weighted by atomic mass is 9.85. The second kappa shape index (κ2) is 8.38. The molecule has 10 heteroatoms. The van der Waals surface area contributed by atoms with Gasteiger partial charge in [0, 0.05) is 33.3 Å². The Kier molecular flexibility index (Phi) is 5.69. The van der Waals surface area contributed by atoms with Gasteiger partial charge in [0.2, 0.25) is 0 Å². The molecule has 0 N–H and O–H groups in total.